The first-order valence-corrected chi connectivity index (χ1v) is 6.32. The molecule has 118 valence electrons. The van der Waals surface area contributed by atoms with Gasteiger partial charge in [-0.15, -0.1) is 0 Å². The van der Waals surface area contributed by atoms with Gasteiger partial charge in [0.15, 0.2) is 18.8 Å². The lowest BCUT2D eigenvalue weighted by atomic mass is 9.56. The van der Waals surface area contributed by atoms with Crippen LogP contribution in [0.2, 0.25) is 5.82 Å². The van der Waals surface area contributed by atoms with Crippen molar-refractivity contribution in [3.05, 3.63) is 52.6 Å². The van der Waals surface area contributed by atoms with Crippen LogP contribution in [0.3, 0.4) is 0 Å². The molecule has 1 aromatic carbocycles. The Hall–Kier alpha value is -1.73. The van der Waals surface area contributed by atoms with Crippen molar-refractivity contribution in [1.82, 2.24) is 0 Å². The van der Waals surface area contributed by atoms with Crippen LogP contribution >= 0.6 is 0 Å². The lowest BCUT2D eigenvalue weighted by Crippen LogP contribution is -2.32. The maximum atomic E-state index is 13.9. The second-order valence-corrected chi connectivity index (χ2v) is 5.28. The summed E-state index contributed by atoms with van der Waals surface area (Å²) in [5.74, 6) is -10.8. The Morgan fingerprint density at radius 3 is 2.23 bits per heavy atom. The topological polar surface area (TPSA) is 0 Å². The van der Waals surface area contributed by atoms with Crippen LogP contribution in [0.4, 0.5) is 30.7 Å². The van der Waals surface area contributed by atoms with E-state index in [4.69, 9.17) is 0 Å². The highest BCUT2D eigenvalue weighted by molar-refractivity contribution is 6.56. The fourth-order valence-corrected chi connectivity index (χ4v) is 2.25. The Kier molecular flexibility index (Phi) is 4.15. The van der Waals surface area contributed by atoms with Gasteiger partial charge in [-0.2, -0.15) is 0 Å². The number of rotatable bonds is 2. The van der Waals surface area contributed by atoms with Crippen molar-refractivity contribution in [2.75, 3.05) is 0 Å². The number of hydrogen-bond acceptors (Lipinski definition) is 0. The predicted molar refractivity (Wildman–Crippen MR) is 69.5 cm³/mol. The molecule has 0 saturated carbocycles. The molecule has 8 heteroatoms. The zero-order valence-electron chi connectivity index (χ0n) is 11.6. The number of hydrogen-bond donors (Lipinski definition) is 0. The Morgan fingerprint density at radius 2 is 1.64 bits per heavy atom. The maximum absolute atomic E-state index is 13.9. The Bertz CT molecular complexity index is 691. The van der Waals surface area contributed by atoms with Gasteiger partial charge in [-0.25, -0.2) is 30.7 Å². The van der Waals surface area contributed by atoms with Crippen LogP contribution in [0, 0.1) is 24.4 Å². The van der Waals surface area contributed by atoms with Gasteiger partial charge in [0.05, 0.1) is 0 Å². The summed E-state index contributed by atoms with van der Waals surface area (Å²) >= 11 is 0. The summed E-state index contributed by atoms with van der Waals surface area (Å²) in [4.78, 5) is 0. The van der Waals surface area contributed by atoms with E-state index >= 15 is 0 Å². The van der Waals surface area contributed by atoms with Crippen LogP contribution in [0.15, 0.2) is 29.6 Å². The Labute approximate surface area is 122 Å². The number of alkyl halides is 1. The molecule has 2 atom stereocenters. The molecule has 0 aliphatic heterocycles. The number of allylic oxidation sites excluding steroid dienone is 4. The Morgan fingerprint density at radius 1 is 1.05 bits per heavy atom. The first kappa shape index (κ1) is 16.6. The first-order valence-electron chi connectivity index (χ1n) is 6.32. The summed E-state index contributed by atoms with van der Waals surface area (Å²) in [6.45, 7) is 1.63. The summed E-state index contributed by atoms with van der Waals surface area (Å²) in [7, 11) is -0.934. The van der Waals surface area contributed by atoms with Crippen LogP contribution < -0.4 is 5.46 Å². The zero-order valence-corrected chi connectivity index (χ0v) is 11.6. The summed E-state index contributed by atoms with van der Waals surface area (Å²) in [5.41, 5.74) is -4.28. The summed E-state index contributed by atoms with van der Waals surface area (Å²) < 4.78 is 95.2. The van der Waals surface area contributed by atoms with E-state index in [0.29, 0.717) is 13.0 Å². The Balaban J connectivity index is 2.47. The highest BCUT2D eigenvalue weighted by Crippen LogP contribution is 2.43. The van der Waals surface area contributed by atoms with Crippen LogP contribution in [-0.2, 0) is 0 Å². The van der Waals surface area contributed by atoms with E-state index in [1.165, 1.54) is 0 Å². The van der Waals surface area contributed by atoms with Gasteiger partial charge in [-0.05, 0) is 25.4 Å². The molecule has 0 bridgehead atoms. The fraction of sp³-hybridized carbons (Fsp3) is 0.286. The number of benzene rings is 1. The summed E-state index contributed by atoms with van der Waals surface area (Å²) in [6.07, 6.45) is 0.211. The van der Waals surface area contributed by atoms with Crippen LogP contribution in [-0.4, -0.2) is 12.9 Å². The number of halogens is 7. The van der Waals surface area contributed by atoms with Gasteiger partial charge in [0.1, 0.15) is 29.1 Å². The van der Waals surface area contributed by atoms with Gasteiger partial charge >= 0.3 is 0 Å². The average Bonchev–Trinajstić information content (AvgIpc) is 2.41. The standard InChI is InChI=1S/C14H10BF7/c1-5-6(16)3-7(17)9(11(5)19)15-10-8(18)4-14(2,22)13(21)12(10)20/h3-4,10,15H,1-2H3. The van der Waals surface area contributed by atoms with Crippen molar-refractivity contribution in [3.8, 4) is 0 Å². The van der Waals surface area contributed by atoms with Gasteiger partial charge < -0.3 is 0 Å². The van der Waals surface area contributed by atoms with Crippen molar-refractivity contribution in [1.29, 1.82) is 0 Å². The average molecular weight is 322 g/mol. The minimum Gasteiger partial charge on any atom is -0.232 e. The third-order valence-electron chi connectivity index (χ3n) is 3.59. The lowest BCUT2D eigenvalue weighted by molar-refractivity contribution is 0.233. The van der Waals surface area contributed by atoms with E-state index in [1.54, 1.807) is 0 Å². The molecular weight excluding hydrogens is 312 g/mol. The molecule has 0 nitrogen and oxygen atoms in total. The van der Waals surface area contributed by atoms with E-state index in [0.717, 1.165) is 6.92 Å². The highest BCUT2D eigenvalue weighted by atomic mass is 19.2. The van der Waals surface area contributed by atoms with Crippen molar-refractivity contribution in [2.24, 2.45) is 0 Å². The van der Waals surface area contributed by atoms with Crippen molar-refractivity contribution >= 4 is 12.7 Å². The quantitative estimate of drug-likeness (QED) is 0.570. The van der Waals surface area contributed by atoms with Crippen molar-refractivity contribution in [2.45, 2.75) is 25.3 Å². The van der Waals surface area contributed by atoms with Gasteiger partial charge in [0, 0.05) is 17.4 Å². The second-order valence-electron chi connectivity index (χ2n) is 5.28. The molecule has 0 saturated heterocycles. The molecule has 1 aliphatic carbocycles. The third-order valence-corrected chi connectivity index (χ3v) is 3.59. The summed E-state index contributed by atoms with van der Waals surface area (Å²) in [5, 5.41) is 0. The van der Waals surface area contributed by atoms with Gasteiger partial charge in [-0.3, -0.25) is 0 Å². The SMILES string of the molecule is Cc1c(F)cc(F)c(BC2C(F)=CC(C)(F)C(F)=C2F)c1F. The van der Waals surface area contributed by atoms with E-state index in [9.17, 15) is 30.7 Å². The first-order chi connectivity index (χ1) is 10.1. The van der Waals surface area contributed by atoms with E-state index < -0.39 is 64.7 Å². The molecule has 1 aromatic rings. The molecule has 0 heterocycles. The van der Waals surface area contributed by atoms with Crippen LogP contribution in [0.5, 0.6) is 0 Å². The molecule has 22 heavy (non-hydrogen) atoms. The molecular formula is C14H10BF7. The lowest BCUT2D eigenvalue weighted by Gasteiger charge is -2.25. The molecule has 2 unspecified atom stereocenters. The largest absolute Gasteiger partial charge is 0.232 e. The smallest absolute Gasteiger partial charge is 0.185 e. The van der Waals surface area contributed by atoms with Crippen LogP contribution in [0.25, 0.3) is 0 Å². The molecule has 0 fully saturated rings. The van der Waals surface area contributed by atoms with E-state index in [1.807, 2.05) is 0 Å². The minimum absolute atomic E-state index is 0.211. The molecule has 0 N–H and O–H groups in total. The normalized spacial score (nSPS) is 25.3. The van der Waals surface area contributed by atoms with Crippen molar-refractivity contribution < 1.29 is 30.7 Å². The van der Waals surface area contributed by atoms with E-state index in [2.05, 4.69) is 0 Å². The molecule has 0 aromatic heterocycles. The monoisotopic (exact) mass is 322 g/mol. The minimum atomic E-state index is -2.96. The van der Waals surface area contributed by atoms with Crippen LogP contribution in [0.1, 0.15) is 12.5 Å². The molecule has 0 amide bonds. The van der Waals surface area contributed by atoms with Gasteiger partial charge in [-0.1, -0.05) is 0 Å². The maximum Gasteiger partial charge on any atom is 0.185 e. The molecule has 1 aliphatic rings. The molecule has 2 rings (SSSR count). The molecule has 0 radical (unpaired) electrons. The van der Waals surface area contributed by atoms with Gasteiger partial charge in [0.2, 0.25) is 0 Å². The highest BCUT2D eigenvalue weighted by Gasteiger charge is 2.41. The third kappa shape index (κ3) is 2.66. The van der Waals surface area contributed by atoms with Gasteiger partial charge in [0.25, 0.3) is 0 Å². The second kappa shape index (κ2) is 5.48. The van der Waals surface area contributed by atoms with E-state index in [-0.39, 0.29) is 6.08 Å². The predicted octanol–water partition coefficient (Wildman–Crippen LogP) is 4.01. The van der Waals surface area contributed by atoms with Crippen molar-refractivity contribution in [3.63, 3.8) is 0 Å². The fourth-order valence-electron chi connectivity index (χ4n) is 2.25. The summed E-state index contributed by atoms with van der Waals surface area (Å²) in [6, 6.07) is 0.370. The molecule has 0 spiro atoms. The zero-order chi connectivity index (χ0) is 16.8.